The fourth-order valence-corrected chi connectivity index (χ4v) is 2.53. The molecule has 98 valence electrons. The van der Waals surface area contributed by atoms with E-state index in [0.29, 0.717) is 0 Å². The lowest BCUT2D eigenvalue weighted by Crippen LogP contribution is -2.34. The number of aryl methyl sites for hydroxylation is 1. The van der Waals surface area contributed by atoms with Crippen molar-refractivity contribution < 1.29 is 5.21 Å². The van der Waals surface area contributed by atoms with Gasteiger partial charge in [-0.3, -0.25) is 0 Å². The van der Waals surface area contributed by atoms with Crippen LogP contribution in [-0.2, 0) is 0 Å². The second kappa shape index (κ2) is 4.84. The van der Waals surface area contributed by atoms with Crippen molar-refractivity contribution >= 4 is 22.3 Å². The molecule has 0 atom stereocenters. The normalized spacial score (nSPS) is 15.8. The second-order valence-corrected chi connectivity index (χ2v) is 4.81. The molecular formula is C14H16N4O. The molecule has 5 nitrogen and oxygen atoms in total. The zero-order chi connectivity index (χ0) is 13.2. The van der Waals surface area contributed by atoms with E-state index in [1.807, 2.05) is 19.1 Å². The highest BCUT2D eigenvalue weighted by Crippen LogP contribution is 2.27. The first-order valence-electron chi connectivity index (χ1n) is 6.46. The van der Waals surface area contributed by atoms with Crippen molar-refractivity contribution in [2.75, 3.05) is 18.0 Å². The molecule has 1 saturated heterocycles. The molecule has 0 saturated carbocycles. The number of nitrogens with zero attached hydrogens (tertiary/aromatic N) is 4. The number of hydrogen-bond donors (Lipinski definition) is 1. The molecule has 0 radical (unpaired) electrons. The molecule has 0 amide bonds. The Labute approximate surface area is 111 Å². The van der Waals surface area contributed by atoms with Gasteiger partial charge in [0.05, 0.1) is 11.4 Å². The lowest BCUT2D eigenvalue weighted by molar-refractivity contribution is 0.315. The monoisotopic (exact) mass is 256 g/mol. The topological polar surface area (TPSA) is 61.6 Å². The Bertz CT molecular complexity index is 628. The van der Waals surface area contributed by atoms with Crippen LogP contribution in [0.2, 0.25) is 0 Å². The van der Waals surface area contributed by atoms with Crippen LogP contribution in [0.4, 0.5) is 5.82 Å². The van der Waals surface area contributed by atoms with E-state index >= 15 is 0 Å². The number of benzene rings is 1. The molecule has 0 unspecified atom stereocenters. The Balaban J connectivity index is 2.00. The van der Waals surface area contributed by atoms with E-state index in [2.05, 4.69) is 32.4 Å². The largest absolute Gasteiger partial charge is 0.411 e. The molecule has 0 spiro atoms. The van der Waals surface area contributed by atoms with Crippen molar-refractivity contribution in [1.29, 1.82) is 0 Å². The Hall–Kier alpha value is -2.17. The van der Waals surface area contributed by atoms with Crippen LogP contribution in [0.1, 0.15) is 18.5 Å². The van der Waals surface area contributed by atoms with Crippen LogP contribution in [0, 0.1) is 6.92 Å². The molecule has 2 heterocycles. The van der Waals surface area contributed by atoms with E-state index in [1.165, 1.54) is 0 Å². The number of hydrogen-bond acceptors (Lipinski definition) is 5. The fraction of sp³-hybridized carbons (Fsp3) is 0.357. The highest BCUT2D eigenvalue weighted by Gasteiger charge is 2.19. The van der Waals surface area contributed by atoms with Gasteiger partial charge in [-0.1, -0.05) is 29.4 Å². The maximum atomic E-state index is 8.80. The average Bonchev–Trinajstić information content (AvgIpc) is 2.48. The van der Waals surface area contributed by atoms with Gasteiger partial charge in [0.25, 0.3) is 0 Å². The van der Waals surface area contributed by atoms with Gasteiger partial charge < -0.3 is 10.1 Å². The van der Waals surface area contributed by atoms with Crippen molar-refractivity contribution in [3.05, 3.63) is 30.0 Å². The molecule has 1 aliphatic heterocycles. The summed E-state index contributed by atoms with van der Waals surface area (Å²) in [6.07, 6.45) is 1.56. The second-order valence-electron chi connectivity index (χ2n) is 4.81. The number of piperidine rings is 1. The van der Waals surface area contributed by atoms with E-state index in [9.17, 15) is 0 Å². The minimum absolute atomic E-state index is 0.778. The van der Waals surface area contributed by atoms with Crippen LogP contribution < -0.4 is 4.90 Å². The first kappa shape index (κ1) is 11.9. The van der Waals surface area contributed by atoms with Crippen molar-refractivity contribution in [2.24, 2.45) is 5.16 Å². The molecule has 3 rings (SSSR count). The maximum Gasteiger partial charge on any atom is 0.159 e. The molecule has 0 aliphatic carbocycles. The van der Waals surface area contributed by atoms with Crippen molar-refractivity contribution in [2.45, 2.75) is 19.8 Å². The van der Waals surface area contributed by atoms with Crippen molar-refractivity contribution in [1.82, 2.24) is 10.2 Å². The van der Waals surface area contributed by atoms with E-state index < -0.39 is 0 Å². The van der Waals surface area contributed by atoms with Gasteiger partial charge in [0, 0.05) is 36.7 Å². The van der Waals surface area contributed by atoms with Crippen LogP contribution in [0.25, 0.3) is 10.8 Å². The van der Waals surface area contributed by atoms with Gasteiger partial charge in [0.1, 0.15) is 0 Å². The molecule has 1 aliphatic rings. The Morgan fingerprint density at radius 1 is 1.11 bits per heavy atom. The summed E-state index contributed by atoms with van der Waals surface area (Å²) in [5.74, 6) is 0.929. The van der Waals surface area contributed by atoms with E-state index in [1.54, 1.807) is 0 Å². The number of aromatic nitrogens is 2. The highest BCUT2D eigenvalue weighted by molar-refractivity contribution is 5.94. The van der Waals surface area contributed by atoms with E-state index in [0.717, 1.165) is 53.9 Å². The van der Waals surface area contributed by atoms with E-state index in [-0.39, 0.29) is 0 Å². The summed E-state index contributed by atoms with van der Waals surface area (Å²) < 4.78 is 0. The SMILES string of the molecule is Cc1nnc(N2CCC(=NO)CC2)c2ccccc12. The smallest absolute Gasteiger partial charge is 0.159 e. The number of oxime groups is 1. The first-order valence-corrected chi connectivity index (χ1v) is 6.46. The van der Waals surface area contributed by atoms with Crippen LogP contribution in [-0.4, -0.2) is 34.2 Å². The quantitative estimate of drug-likeness (QED) is 0.628. The average molecular weight is 256 g/mol. The van der Waals surface area contributed by atoms with Crippen LogP contribution in [0.3, 0.4) is 0 Å². The number of rotatable bonds is 1. The molecule has 1 aromatic heterocycles. The highest BCUT2D eigenvalue weighted by atomic mass is 16.4. The third-order valence-corrected chi connectivity index (χ3v) is 3.63. The zero-order valence-electron chi connectivity index (χ0n) is 10.9. The summed E-state index contributed by atoms with van der Waals surface area (Å²) in [6, 6.07) is 8.21. The van der Waals surface area contributed by atoms with Crippen LogP contribution in [0.5, 0.6) is 0 Å². The van der Waals surface area contributed by atoms with Gasteiger partial charge in [-0.25, -0.2) is 0 Å². The van der Waals surface area contributed by atoms with Gasteiger partial charge >= 0.3 is 0 Å². The molecule has 2 aromatic rings. The van der Waals surface area contributed by atoms with E-state index in [4.69, 9.17) is 5.21 Å². The Morgan fingerprint density at radius 3 is 2.47 bits per heavy atom. The standard InChI is InChI=1S/C14H16N4O/c1-10-12-4-2-3-5-13(12)14(16-15-10)18-8-6-11(17-19)7-9-18/h2-5,19H,6-9H2,1H3. The van der Waals surface area contributed by atoms with Gasteiger partial charge in [-0.05, 0) is 6.92 Å². The van der Waals surface area contributed by atoms with Gasteiger partial charge in [0.2, 0.25) is 0 Å². The summed E-state index contributed by atoms with van der Waals surface area (Å²) in [7, 11) is 0. The zero-order valence-corrected chi connectivity index (χ0v) is 10.9. The maximum absolute atomic E-state index is 8.80. The minimum Gasteiger partial charge on any atom is -0.411 e. The third-order valence-electron chi connectivity index (χ3n) is 3.63. The third kappa shape index (κ3) is 2.12. The molecular weight excluding hydrogens is 240 g/mol. The molecule has 1 fully saturated rings. The van der Waals surface area contributed by atoms with Crippen molar-refractivity contribution in [3.63, 3.8) is 0 Å². The van der Waals surface area contributed by atoms with Crippen LogP contribution in [0.15, 0.2) is 29.4 Å². The summed E-state index contributed by atoms with van der Waals surface area (Å²) in [5.41, 5.74) is 1.81. The molecule has 1 N–H and O–H groups in total. The predicted octanol–water partition coefficient (Wildman–Crippen LogP) is 2.37. The molecule has 19 heavy (non-hydrogen) atoms. The summed E-state index contributed by atoms with van der Waals surface area (Å²) >= 11 is 0. The Morgan fingerprint density at radius 2 is 1.79 bits per heavy atom. The minimum atomic E-state index is 0.778. The molecule has 0 bridgehead atoms. The Kier molecular flexibility index (Phi) is 3.03. The van der Waals surface area contributed by atoms with Gasteiger partial charge in [-0.2, -0.15) is 5.10 Å². The molecule has 1 aromatic carbocycles. The van der Waals surface area contributed by atoms with Crippen LogP contribution >= 0.6 is 0 Å². The van der Waals surface area contributed by atoms with Crippen molar-refractivity contribution in [3.8, 4) is 0 Å². The first-order chi connectivity index (χ1) is 9.29. The lowest BCUT2D eigenvalue weighted by atomic mass is 10.1. The van der Waals surface area contributed by atoms with Gasteiger partial charge in [0.15, 0.2) is 5.82 Å². The fourth-order valence-electron chi connectivity index (χ4n) is 2.53. The summed E-state index contributed by atoms with van der Waals surface area (Å²) in [6.45, 7) is 3.62. The summed E-state index contributed by atoms with van der Waals surface area (Å²) in [4.78, 5) is 2.21. The predicted molar refractivity (Wildman–Crippen MR) is 74.9 cm³/mol. The lowest BCUT2D eigenvalue weighted by Gasteiger charge is -2.28. The van der Waals surface area contributed by atoms with Gasteiger partial charge in [-0.15, -0.1) is 5.10 Å². The summed E-state index contributed by atoms with van der Waals surface area (Å²) in [5, 5.41) is 23.0. The number of fused-ring (bicyclic) bond motifs is 1. The molecule has 5 heteroatoms. The number of anilines is 1.